The van der Waals surface area contributed by atoms with Gasteiger partial charge in [0.15, 0.2) is 8.32 Å². The molecule has 10 heteroatoms. The van der Waals surface area contributed by atoms with E-state index in [2.05, 4.69) is 38.6 Å². The molecule has 1 heterocycles. The molecule has 33 heavy (non-hydrogen) atoms. The van der Waals surface area contributed by atoms with Gasteiger partial charge in [-0.1, -0.05) is 32.4 Å². The van der Waals surface area contributed by atoms with Gasteiger partial charge in [0.25, 0.3) is 6.29 Å². The topological polar surface area (TPSA) is 54.0 Å². The number of rotatable bonds is 8. The number of halogens is 4. The molecule has 3 aliphatic rings. The minimum atomic E-state index is -2.16. The molecule has 0 spiro atoms. The van der Waals surface area contributed by atoms with Crippen molar-refractivity contribution in [2.75, 3.05) is 13.2 Å². The molecular weight excluding hydrogens is 460 g/mol. The van der Waals surface area contributed by atoms with Crippen molar-refractivity contribution >= 4 is 14.3 Å². The highest BCUT2D eigenvalue weighted by Gasteiger charge is 2.71. The molecule has 5 nitrogen and oxygen atoms in total. The van der Waals surface area contributed by atoms with Gasteiger partial charge in [-0.2, -0.15) is 8.78 Å². The maximum Gasteiger partial charge on any atom is 0.315 e. The second kappa shape index (κ2) is 9.18. The van der Waals surface area contributed by atoms with E-state index in [9.17, 15) is 22.4 Å². The van der Waals surface area contributed by atoms with Crippen LogP contribution in [0.1, 0.15) is 47.0 Å². The second-order valence-corrected chi connectivity index (χ2v) is 15.0. The van der Waals surface area contributed by atoms with Gasteiger partial charge in [0.1, 0.15) is 0 Å². The molecule has 1 fully saturated rings. The Bertz CT molecular complexity index is 892. The number of esters is 1. The third-order valence-corrected chi connectivity index (χ3v) is 11.6. The lowest BCUT2D eigenvalue weighted by Crippen LogP contribution is -2.46. The van der Waals surface area contributed by atoms with Gasteiger partial charge in [0.05, 0.1) is 24.7 Å². The molecular formula is C23H32F4O5Si. The van der Waals surface area contributed by atoms with Crippen LogP contribution in [0, 0.1) is 11.8 Å². The first kappa shape index (κ1) is 26.0. The third-order valence-electron chi connectivity index (χ3n) is 7.12. The molecule has 0 aromatic carbocycles. The van der Waals surface area contributed by atoms with Crippen molar-refractivity contribution in [1.82, 2.24) is 0 Å². The minimum Gasteiger partial charge on any atom is -0.466 e. The lowest BCUT2D eigenvalue weighted by molar-refractivity contribution is -0.146. The number of ether oxygens (including phenoxy) is 3. The summed E-state index contributed by atoms with van der Waals surface area (Å²) >= 11 is 0. The zero-order chi connectivity index (χ0) is 24.8. The quantitative estimate of drug-likeness (QED) is 0.172. The lowest BCUT2D eigenvalue weighted by Gasteiger charge is -2.41. The van der Waals surface area contributed by atoms with Crippen LogP contribution in [0.4, 0.5) is 17.6 Å². The smallest absolute Gasteiger partial charge is 0.315 e. The molecule has 186 valence electrons. The van der Waals surface area contributed by atoms with E-state index in [0.29, 0.717) is 19.3 Å². The molecule has 1 saturated carbocycles. The predicted octanol–water partition coefficient (Wildman–Crippen LogP) is 6.30. The Morgan fingerprint density at radius 2 is 1.88 bits per heavy atom. The van der Waals surface area contributed by atoms with Gasteiger partial charge in [0, 0.05) is 5.92 Å². The van der Waals surface area contributed by atoms with Crippen molar-refractivity contribution in [2.45, 2.75) is 77.0 Å². The highest BCUT2D eigenvalue weighted by Crippen LogP contribution is 2.64. The van der Waals surface area contributed by atoms with Crippen LogP contribution < -0.4 is 0 Å². The fraction of sp³-hybridized carbons (Fsp3) is 0.696. The van der Waals surface area contributed by atoms with Crippen LogP contribution in [0.25, 0.3) is 0 Å². The molecule has 0 aromatic rings. The van der Waals surface area contributed by atoms with Crippen LogP contribution in [0.5, 0.6) is 0 Å². The standard InChI is InChI=1S/C23H32F4O5Si/c1-7-29-20(28)15-14-12-13(8-10-23(14,15)32-33(5,6)22(2,3)4)9-11-30-21-18(26)16(24)17(25)19(27)31-21/h8,14-15,21H,7,9-12H2,1-6H3/t14-,15?,21?,23-/m0/s1. The Kier molecular flexibility index (Phi) is 7.22. The van der Waals surface area contributed by atoms with Crippen molar-refractivity contribution in [3.63, 3.8) is 0 Å². The number of hydrogen-bond donors (Lipinski definition) is 0. The Balaban J connectivity index is 1.65. The van der Waals surface area contributed by atoms with Crippen LogP contribution >= 0.6 is 0 Å². The molecule has 4 atom stereocenters. The van der Waals surface area contributed by atoms with Gasteiger partial charge in [-0.15, -0.1) is 0 Å². The SMILES string of the molecule is CCOC(=O)C1[C@@H]2CC(CCOC3OC(F)=C(F)C(F)=C3F)=CC[C@@]12O[Si](C)(C)C(C)(C)C. The first-order valence-electron chi connectivity index (χ1n) is 11.2. The molecule has 0 saturated heterocycles. The summed E-state index contributed by atoms with van der Waals surface area (Å²) < 4.78 is 74.8. The average Bonchev–Trinajstić information content (AvgIpc) is 3.35. The fourth-order valence-corrected chi connectivity index (χ4v) is 5.85. The molecule has 3 rings (SSSR count). The zero-order valence-electron chi connectivity index (χ0n) is 19.9. The third kappa shape index (κ3) is 4.93. The molecule has 2 unspecified atom stereocenters. The molecule has 1 aliphatic heterocycles. The van der Waals surface area contributed by atoms with Gasteiger partial charge in [0.2, 0.25) is 17.5 Å². The number of hydrogen-bond acceptors (Lipinski definition) is 5. The maximum atomic E-state index is 13.8. The van der Waals surface area contributed by atoms with Crippen LogP contribution in [0.2, 0.25) is 18.1 Å². The maximum absolute atomic E-state index is 13.8. The first-order chi connectivity index (χ1) is 15.2. The van der Waals surface area contributed by atoms with E-state index in [4.69, 9.17) is 13.9 Å². The summed E-state index contributed by atoms with van der Waals surface area (Å²) in [5.41, 5.74) is 0.374. The largest absolute Gasteiger partial charge is 0.466 e. The van der Waals surface area contributed by atoms with Crippen molar-refractivity contribution in [3.8, 4) is 0 Å². The van der Waals surface area contributed by atoms with E-state index in [0.717, 1.165) is 5.57 Å². The van der Waals surface area contributed by atoms with E-state index in [-0.39, 0.29) is 36.1 Å². The summed E-state index contributed by atoms with van der Waals surface area (Å²) in [7, 11) is -2.16. The van der Waals surface area contributed by atoms with Gasteiger partial charge in [-0.05, 0) is 44.3 Å². The van der Waals surface area contributed by atoms with E-state index in [1.807, 2.05) is 6.08 Å². The minimum absolute atomic E-state index is 0.0258. The highest BCUT2D eigenvalue weighted by molar-refractivity contribution is 6.74. The van der Waals surface area contributed by atoms with E-state index in [1.165, 1.54) is 0 Å². The van der Waals surface area contributed by atoms with Crippen molar-refractivity contribution in [3.05, 3.63) is 35.1 Å². The Morgan fingerprint density at radius 3 is 2.48 bits per heavy atom. The lowest BCUT2D eigenvalue weighted by atomic mass is 9.95. The summed E-state index contributed by atoms with van der Waals surface area (Å²) in [4.78, 5) is 12.7. The average molecular weight is 493 g/mol. The number of carbonyl (C=O) groups is 1. The summed E-state index contributed by atoms with van der Waals surface area (Å²) in [5, 5.41) is -0.0258. The monoisotopic (exact) mass is 492 g/mol. The van der Waals surface area contributed by atoms with Crippen molar-refractivity contribution < 1.29 is 41.0 Å². The number of carbonyl (C=O) groups excluding carboxylic acids is 1. The zero-order valence-corrected chi connectivity index (χ0v) is 20.9. The molecule has 0 aromatic heterocycles. The normalized spacial score (nSPS) is 30.0. The van der Waals surface area contributed by atoms with E-state index >= 15 is 0 Å². The van der Waals surface area contributed by atoms with Gasteiger partial charge in [-0.3, -0.25) is 4.79 Å². The van der Waals surface area contributed by atoms with Crippen LogP contribution in [-0.4, -0.2) is 39.4 Å². The summed E-state index contributed by atoms with van der Waals surface area (Å²) in [6.45, 7) is 12.7. The molecule has 0 amide bonds. The first-order valence-corrected chi connectivity index (χ1v) is 14.1. The Hall–Kier alpha value is -1.65. The molecule has 0 radical (unpaired) electrons. The number of allylic oxidation sites excluding steroid dienone is 2. The molecule has 0 bridgehead atoms. The second-order valence-electron chi connectivity index (χ2n) is 10.2. The van der Waals surface area contributed by atoms with E-state index < -0.39 is 43.7 Å². The van der Waals surface area contributed by atoms with Crippen LogP contribution in [0.15, 0.2) is 35.1 Å². The van der Waals surface area contributed by atoms with Crippen molar-refractivity contribution in [1.29, 1.82) is 0 Å². The highest BCUT2D eigenvalue weighted by atomic mass is 28.4. The van der Waals surface area contributed by atoms with Gasteiger partial charge in [-0.25, -0.2) is 8.78 Å². The molecule has 0 N–H and O–H groups in total. The van der Waals surface area contributed by atoms with Crippen LogP contribution in [-0.2, 0) is 23.4 Å². The van der Waals surface area contributed by atoms with Gasteiger partial charge < -0.3 is 18.6 Å². The summed E-state index contributed by atoms with van der Waals surface area (Å²) in [6.07, 6.45) is 1.46. The number of fused-ring (bicyclic) bond motifs is 1. The Labute approximate surface area is 192 Å². The predicted molar refractivity (Wildman–Crippen MR) is 116 cm³/mol. The fourth-order valence-electron chi connectivity index (χ4n) is 4.24. The Morgan fingerprint density at radius 1 is 1.21 bits per heavy atom. The molecule has 2 aliphatic carbocycles. The van der Waals surface area contributed by atoms with Crippen LogP contribution in [0.3, 0.4) is 0 Å². The van der Waals surface area contributed by atoms with E-state index in [1.54, 1.807) is 6.92 Å². The van der Waals surface area contributed by atoms with Gasteiger partial charge >= 0.3 is 12.0 Å². The summed E-state index contributed by atoms with van der Waals surface area (Å²) in [5.74, 6) is -6.28. The summed E-state index contributed by atoms with van der Waals surface area (Å²) in [6, 6.07) is -1.85. The van der Waals surface area contributed by atoms with Crippen molar-refractivity contribution in [2.24, 2.45) is 11.8 Å².